The highest BCUT2D eigenvalue weighted by molar-refractivity contribution is 7.15. The van der Waals surface area contributed by atoms with Crippen LogP contribution in [0.3, 0.4) is 0 Å². The minimum atomic E-state index is -0.293. The van der Waals surface area contributed by atoms with E-state index in [4.69, 9.17) is 9.15 Å². The number of furan rings is 1. The number of ether oxygens (including phenoxy) is 1. The van der Waals surface area contributed by atoms with Crippen LogP contribution in [0, 0.1) is 0 Å². The largest absolute Gasteiger partial charge is 0.457 e. The van der Waals surface area contributed by atoms with Crippen LogP contribution < -0.4 is 10.1 Å². The summed E-state index contributed by atoms with van der Waals surface area (Å²) in [6.45, 7) is 0.282. The molecule has 0 spiro atoms. The van der Waals surface area contributed by atoms with Crippen LogP contribution in [0.15, 0.2) is 63.8 Å². The zero-order chi connectivity index (χ0) is 19.5. The first kappa shape index (κ1) is 16.3. The van der Waals surface area contributed by atoms with E-state index in [1.807, 2.05) is 48.5 Å². The summed E-state index contributed by atoms with van der Waals surface area (Å²) < 4.78 is 13.2. The molecular formula is C22H12N2O4S. The van der Waals surface area contributed by atoms with Crippen molar-refractivity contribution in [3.8, 4) is 11.3 Å². The number of imidazole rings is 1. The molecule has 0 saturated heterocycles. The van der Waals surface area contributed by atoms with E-state index in [0.29, 0.717) is 26.6 Å². The van der Waals surface area contributed by atoms with Crippen LogP contribution >= 0.6 is 11.3 Å². The highest BCUT2D eigenvalue weighted by atomic mass is 32.1. The van der Waals surface area contributed by atoms with Crippen LogP contribution in [-0.2, 0) is 11.3 Å². The number of para-hydroxylation sites is 2. The first-order chi connectivity index (χ1) is 14.2. The number of esters is 1. The molecule has 0 atom stereocenters. The van der Waals surface area contributed by atoms with Gasteiger partial charge in [0.25, 0.3) is 5.56 Å². The maximum atomic E-state index is 12.9. The minimum absolute atomic E-state index is 0.107. The standard InChI is InChI=1S/C22H12N2O4S/c25-20-19(29-22-23-16-3-1-2-4-17(16)24(20)22)10-14-6-8-18(28-14)12-5-7-15-13(9-12)11-27-21(15)26/h1-10H,11H2. The number of carbonyl (C=O) groups excluding carboxylic acids is 1. The molecule has 0 saturated carbocycles. The lowest BCUT2D eigenvalue weighted by molar-refractivity contribution is 0.0535. The molecule has 3 aromatic heterocycles. The van der Waals surface area contributed by atoms with Gasteiger partial charge in [0, 0.05) is 17.2 Å². The molecule has 0 radical (unpaired) electrons. The summed E-state index contributed by atoms with van der Waals surface area (Å²) in [5, 5.41) is 0. The SMILES string of the molecule is O=C1OCc2cc(-c3ccc(C=c4sc5nc6ccccc6n5c4=O)o3)ccc21. The Morgan fingerprint density at radius 2 is 1.97 bits per heavy atom. The maximum Gasteiger partial charge on any atom is 0.338 e. The Bertz CT molecular complexity index is 1560. The average molecular weight is 400 g/mol. The Morgan fingerprint density at radius 3 is 2.90 bits per heavy atom. The van der Waals surface area contributed by atoms with Crippen molar-refractivity contribution < 1.29 is 13.9 Å². The van der Waals surface area contributed by atoms with Crippen LogP contribution in [0.4, 0.5) is 0 Å². The smallest absolute Gasteiger partial charge is 0.338 e. The van der Waals surface area contributed by atoms with E-state index >= 15 is 0 Å². The van der Waals surface area contributed by atoms with Gasteiger partial charge in [-0.2, -0.15) is 0 Å². The van der Waals surface area contributed by atoms with Crippen molar-refractivity contribution in [2.75, 3.05) is 0 Å². The maximum absolute atomic E-state index is 12.9. The van der Waals surface area contributed by atoms with Crippen molar-refractivity contribution in [3.05, 3.63) is 86.4 Å². The predicted molar refractivity (Wildman–Crippen MR) is 109 cm³/mol. The van der Waals surface area contributed by atoms with Crippen molar-refractivity contribution >= 4 is 39.4 Å². The van der Waals surface area contributed by atoms with Crippen LogP contribution in [0.2, 0.25) is 0 Å². The number of hydrogen-bond donors (Lipinski definition) is 0. The highest BCUT2D eigenvalue weighted by Crippen LogP contribution is 2.28. The molecule has 0 aliphatic carbocycles. The van der Waals surface area contributed by atoms with E-state index in [1.54, 1.807) is 16.5 Å². The molecule has 0 N–H and O–H groups in total. The fourth-order valence-electron chi connectivity index (χ4n) is 3.61. The van der Waals surface area contributed by atoms with Crippen LogP contribution in [-0.4, -0.2) is 15.4 Å². The Balaban J connectivity index is 1.42. The molecule has 29 heavy (non-hydrogen) atoms. The number of benzene rings is 2. The van der Waals surface area contributed by atoms with E-state index in [9.17, 15) is 9.59 Å². The van der Waals surface area contributed by atoms with Crippen molar-refractivity contribution in [2.45, 2.75) is 6.61 Å². The average Bonchev–Trinajstić information content (AvgIpc) is 3.48. The fourth-order valence-corrected chi connectivity index (χ4v) is 4.58. The minimum Gasteiger partial charge on any atom is -0.457 e. The second kappa shape index (κ2) is 5.89. The predicted octanol–water partition coefficient (Wildman–Crippen LogP) is 3.39. The lowest BCUT2D eigenvalue weighted by Crippen LogP contribution is -2.22. The number of fused-ring (bicyclic) bond motifs is 4. The first-order valence-corrected chi connectivity index (χ1v) is 9.81. The second-order valence-corrected chi connectivity index (χ2v) is 7.79. The molecule has 7 heteroatoms. The second-order valence-electron chi connectivity index (χ2n) is 6.78. The zero-order valence-electron chi connectivity index (χ0n) is 14.9. The van der Waals surface area contributed by atoms with Crippen LogP contribution in [0.1, 0.15) is 21.7 Å². The third-order valence-electron chi connectivity index (χ3n) is 5.01. The van der Waals surface area contributed by atoms with E-state index in [1.165, 1.54) is 11.3 Å². The van der Waals surface area contributed by atoms with E-state index in [0.717, 1.165) is 22.2 Å². The Labute approximate surface area is 167 Å². The van der Waals surface area contributed by atoms with Gasteiger partial charge in [-0.1, -0.05) is 29.5 Å². The molecule has 1 aliphatic heterocycles. The summed E-state index contributed by atoms with van der Waals surface area (Å²) in [7, 11) is 0. The monoisotopic (exact) mass is 400 g/mol. The van der Waals surface area contributed by atoms with Gasteiger partial charge in [0.2, 0.25) is 0 Å². The molecule has 6 nitrogen and oxygen atoms in total. The van der Waals surface area contributed by atoms with Gasteiger partial charge in [-0.15, -0.1) is 0 Å². The molecule has 140 valence electrons. The molecule has 2 aromatic carbocycles. The normalized spacial score (nSPS) is 14.1. The van der Waals surface area contributed by atoms with E-state index in [-0.39, 0.29) is 18.1 Å². The number of aromatic nitrogens is 2. The zero-order valence-corrected chi connectivity index (χ0v) is 15.7. The molecule has 0 amide bonds. The topological polar surface area (TPSA) is 73.8 Å². The fraction of sp³-hybridized carbons (Fsp3) is 0.0455. The van der Waals surface area contributed by atoms with Gasteiger partial charge < -0.3 is 9.15 Å². The van der Waals surface area contributed by atoms with E-state index in [2.05, 4.69) is 4.98 Å². The lowest BCUT2D eigenvalue weighted by atomic mass is 10.0. The molecule has 0 bridgehead atoms. The van der Waals surface area contributed by atoms with Crippen LogP contribution in [0.25, 0.3) is 33.4 Å². The van der Waals surface area contributed by atoms with Gasteiger partial charge in [-0.3, -0.25) is 4.79 Å². The first-order valence-electron chi connectivity index (χ1n) is 8.99. The van der Waals surface area contributed by atoms with Gasteiger partial charge >= 0.3 is 5.97 Å². The van der Waals surface area contributed by atoms with Gasteiger partial charge in [0.1, 0.15) is 22.7 Å². The summed E-state index contributed by atoms with van der Waals surface area (Å²) in [6.07, 6.45) is 1.74. The Kier molecular flexibility index (Phi) is 3.30. The molecule has 6 rings (SSSR count). The summed E-state index contributed by atoms with van der Waals surface area (Å²) >= 11 is 1.34. The number of nitrogens with zero attached hydrogens (tertiary/aromatic N) is 2. The number of cyclic esters (lactones) is 1. The van der Waals surface area contributed by atoms with E-state index < -0.39 is 0 Å². The number of thiazole rings is 1. The molecule has 0 unspecified atom stereocenters. The molecule has 0 fully saturated rings. The molecule has 5 aromatic rings. The molecule has 4 heterocycles. The number of rotatable bonds is 2. The number of hydrogen-bond acceptors (Lipinski definition) is 6. The third-order valence-corrected chi connectivity index (χ3v) is 5.98. The Morgan fingerprint density at radius 1 is 1.07 bits per heavy atom. The molecular weight excluding hydrogens is 388 g/mol. The van der Waals surface area contributed by atoms with Crippen molar-refractivity contribution in [2.24, 2.45) is 0 Å². The Hall–Kier alpha value is -3.71. The summed E-state index contributed by atoms with van der Waals surface area (Å²) in [5.41, 5.74) is 3.81. The van der Waals surface area contributed by atoms with Gasteiger partial charge in [0.15, 0.2) is 4.96 Å². The number of carbonyl (C=O) groups is 1. The van der Waals surface area contributed by atoms with Gasteiger partial charge in [-0.25, -0.2) is 14.2 Å². The quantitative estimate of drug-likeness (QED) is 0.425. The lowest BCUT2D eigenvalue weighted by Gasteiger charge is -1.99. The van der Waals surface area contributed by atoms with Crippen molar-refractivity contribution in [1.29, 1.82) is 0 Å². The van der Waals surface area contributed by atoms with Crippen LogP contribution in [0.5, 0.6) is 0 Å². The van der Waals surface area contributed by atoms with Gasteiger partial charge in [0.05, 0.1) is 16.6 Å². The third kappa shape index (κ3) is 2.44. The van der Waals surface area contributed by atoms with Crippen molar-refractivity contribution in [3.63, 3.8) is 0 Å². The highest BCUT2D eigenvalue weighted by Gasteiger charge is 2.21. The summed E-state index contributed by atoms with van der Waals surface area (Å²) in [4.78, 5) is 29.6. The van der Waals surface area contributed by atoms with Gasteiger partial charge in [-0.05, 0) is 36.4 Å². The van der Waals surface area contributed by atoms with Crippen molar-refractivity contribution in [1.82, 2.24) is 9.38 Å². The summed E-state index contributed by atoms with van der Waals surface area (Å²) in [6, 6.07) is 16.7. The molecule has 1 aliphatic rings. The summed E-state index contributed by atoms with van der Waals surface area (Å²) in [5.74, 6) is 0.953.